The first-order valence-electron chi connectivity index (χ1n) is 24.2. The number of esters is 2. The first kappa shape index (κ1) is 58.5. The molecule has 62 heavy (non-hydrogen) atoms. The summed E-state index contributed by atoms with van der Waals surface area (Å²) in [6.07, 6.45) is 53.5. The largest absolute Gasteiger partial charge is 0.545 e. The van der Waals surface area contributed by atoms with Crippen LogP contribution in [0.1, 0.15) is 174 Å². The van der Waals surface area contributed by atoms with Crippen molar-refractivity contribution < 1.29 is 42.9 Å². The highest BCUT2D eigenvalue weighted by molar-refractivity contribution is 5.70. The quantitative estimate of drug-likeness (QED) is 0.0196. The highest BCUT2D eigenvalue weighted by atomic mass is 16.7. The van der Waals surface area contributed by atoms with Crippen LogP contribution in [0.4, 0.5) is 0 Å². The number of likely N-dealkylation sites (N-methyl/N-ethyl adjacent to an activating group) is 1. The van der Waals surface area contributed by atoms with E-state index in [1.807, 2.05) is 21.1 Å². The molecule has 0 aliphatic heterocycles. The van der Waals surface area contributed by atoms with Crippen LogP contribution in [0.5, 0.6) is 0 Å². The molecule has 0 aromatic heterocycles. The minimum absolute atomic E-state index is 0.142. The second kappa shape index (κ2) is 44.1. The van der Waals surface area contributed by atoms with Crippen LogP contribution in [0, 0.1) is 0 Å². The number of carbonyl (C=O) groups is 3. The average Bonchev–Trinajstić information content (AvgIpc) is 3.23. The van der Waals surface area contributed by atoms with Gasteiger partial charge in [-0.25, -0.2) is 0 Å². The molecule has 2 atom stereocenters. The average molecular weight is 868 g/mol. The van der Waals surface area contributed by atoms with E-state index in [1.165, 1.54) is 51.4 Å². The van der Waals surface area contributed by atoms with Gasteiger partial charge in [0.25, 0.3) is 0 Å². The van der Waals surface area contributed by atoms with E-state index in [9.17, 15) is 19.5 Å². The number of allylic oxidation sites excluding steroid dienone is 14. The van der Waals surface area contributed by atoms with Gasteiger partial charge in [-0.3, -0.25) is 9.59 Å². The van der Waals surface area contributed by atoms with E-state index in [4.69, 9.17) is 18.9 Å². The van der Waals surface area contributed by atoms with Crippen LogP contribution >= 0.6 is 0 Å². The molecule has 0 heterocycles. The second-order valence-corrected chi connectivity index (χ2v) is 17.0. The molecule has 0 N–H and O–H groups in total. The molecule has 0 rings (SSSR count). The summed E-state index contributed by atoms with van der Waals surface area (Å²) in [5.41, 5.74) is 0. The van der Waals surface area contributed by atoms with Gasteiger partial charge in [-0.2, -0.15) is 0 Å². The number of unbranched alkanes of at least 4 members (excludes halogenated alkanes) is 14. The van der Waals surface area contributed by atoms with Crippen LogP contribution in [0.15, 0.2) is 85.1 Å². The fourth-order valence-electron chi connectivity index (χ4n) is 6.16. The lowest BCUT2D eigenvalue weighted by Gasteiger charge is -2.26. The Bertz CT molecular complexity index is 1290. The second-order valence-electron chi connectivity index (χ2n) is 17.0. The van der Waals surface area contributed by atoms with Crippen molar-refractivity contribution in [1.82, 2.24) is 0 Å². The van der Waals surface area contributed by atoms with Crippen molar-refractivity contribution in [3.8, 4) is 0 Å². The normalized spacial score (nSPS) is 13.6. The topological polar surface area (TPSA) is 111 Å². The van der Waals surface area contributed by atoms with Gasteiger partial charge in [0.2, 0.25) is 0 Å². The summed E-state index contributed by atoms with van der Waals surface area (Å²) in [5, 5.41) is 11.7. The zero-order valence-corrected chi connectivity index (χ0v) is 40.0. The van der Waals surface area contributed by atoms with E-state index in [2.05, 4.69) is 98.9 Å². The minimum Gasteiger partial charge on any atom is -0.545 e. The summed E-state index contributed by atoms with van der Waals surface area (Å²) in [5.74, 6) is -2.31. The number of ether oxygens (including phenoxy) is 4. The van der Waals surface area contributed by atoms with Crippen LogP contribution < -0.4 is 5.11 Å². The van der Waals surface area contributed by atoms with Gasteiger partial charge in [-0.05, 0) is 70.6 Å². The molecule has 0 aromatic rings. The summed E-state index contributed by atoms with van der Waals surface area (Å²) in [6, 6.07) is 0. The van der Waals surface area contributed by atoms with Gasteiger partial charge >= 0.3 is 11.9 Å². The third-order valence-corrected chi connectivity index (χ3v) is 9.91. The Kier molecular flexibility index (Phi) is 41.6. The van der Waals surface area contributed by atoms with Crippen LogP contribution in [0.2, 0.25) is 0 Å². The maximum absolute atomic E-state index is 12.7. The number of nitrogens with zero attached hydrogens (tertiary/aromatic N) is 1. The van der Waals surface area contributed by atoms with Crippen molar-refractivity contribution in [3.63, 3.8) is 0 Å². The van der Waals surface area contributed by atoms with Gasteiger partial charge in [-0.1, -0.05) is 176 Å². The van der Waals surface area contributed by atoms with Crippen molar-refractivity contribution in [2.24, 2.45) is 0 Å². The molecular formula is C53H89NO8. The molecule has 0 saturated carbocycles. The van der Waals surface area contributed by atoms with Gasteiger partial charge in [0.15, 0.2) is 12.4 Å². The first-order valence-corrected chi connectivity index (χ1v) is 24.2. The standard InChI is InChI=1S/C53H89NO8/c1-6-8-10-12-14-16-17-18-19-20-21-22-23-24-25-26-27-28-29-30-31-32-33-34-35-36-38-40-42-44-51(56)62-49(48-61-53(52(57)58)59-46-45-54(3,4)5)47-60-50(55)43-41-39-37-15-13-11-9-7-2/h8,10,14,16,18-19,21-22,24-25,27-28,30-31,49,53H,6-7,9,11-13,15,17,20,23,26,29,32-48H2,1-5H3/b10-8-,16-14-,19-18-,22-21-,25-24-,28-27-,31-30-. The zero-order valence-electron chi connectivity index (χ0n) is 40.0. The maximum atomic E-state index is 12.7. The third-order valence-electron chi connectivity index (χ3n) is 9.91. The molecule has 0 aromatic carbocycles. The lowest BCUT2D eigenvalue weighted by molar-refractivity contribution is -0.870. The van der Waals surface area contributed by atoms with Gasteiger partial charge in [0.05, 0.1) is 40.3 Å². The molecule has 0 fully saturated rings. The number of hydrogen-bond acceptors (Lipinski definition) is 8. The minimum atomic E-state index is -1.62. The van der Waals surface area contributed by atoms with Gasteiger partial charge in [0, 0.05) is 12.8 Å². The van der Waals surface area contributed by atoms with E-state index in [0.717, 1.165) is 89.9 Å². The molecule has 0 aliphatic carbocycles. The first-order chi connectivity index (χ1) is 30.1. The molecule has 0 amide bonds. The number of aliphatic carboxylic acids is 1. The Morgan fingerprint density at radius 1 is 0.500 bits per heavy atom. The van der Waals surface area contributed by atoms with Gasteiger partial charge in [0.1, 0.15) is 13.2 Å². The molecule has 354 valence electrons. The van der Waals surface area contributed by atoms with Crippen molar-refractivity contribution in [2.75, 3.05) is 47.5 Å². The lowest BCUT2D eigenvalue weighted by atomic mass is 10.1. The Morgan fingerprint density at radius 2 is 0.919 bits per heavy atom. The molecule has 9 nitrogen and oxygen atoms in total. The van der Waals surface area contributed by atoms with E-state index in [0.29, 0.717) is 17.4 Å². The van der Waals surface area contributed by atoms with Crippen LogP contribution in [0.25, 0.3) is 0 Å². The van der Waals surface area contributed by atoms with Crippen LogP contribution in [-0.2, 0) is 33.3 Å². The molecule has 2 unspecified atom stereocenters. The number of carboxylic acid groups (broad SMARTS) is 1. The smallest absolute Gasteiger partial charge is 0.306 e. The van der Waals surface area contributed by atoms with E-state index >= 15 is 0 Å². The summed E-state index contributed by atoms with van der Waals surface area (Å²) >= 11 is 0. The predicted molar refractivity (Wildman–Crippen MR) is 255 cm³/mol. The lowest BCUT2D eigenvalue weighted by Crippen LogP contribution is -2.44. The summed E-state index contributed by atoms with van der Waals surface area (Å²) < 4.78 is 22.5. The number of quaternary nitrogens is 1. The predicted octanol–water partition coefficient (Wildman–Crippen LogP) is 11.9. The Labute approximate surface area is 379 Å². The fraction of sp³-hybridized carbons (Fsp3) is 0.679. The summed E-state index contributed by atoms with van der Waals surface area (Å²) in [6.45, 7) is 4.55. The van der Waals surface area contributed by atoms with Crippen LogP contribution in [-0.4, -0.2) is 82.3 Å². The monoisotopic (exact) mass is 868 g/mol. The summed E-state index contributed by atoms with van der Waals surface area (Å²) in [4.78, 5) is 36.9. The van der Waals surface area contributed by atoms with Gasteiger partial charge in [-0.15, -0.1) is 0 Å². The van der Waals surface area contributed by atoms with Gasteiger partial charge < -0.3 is 33.3 Å². The SMILES string of the molecule is CC/C=C\C/C=C\C/C=C\C/C=C\C/C=C\C/C=C\C/C=C\CCCCCCCCCC(=O)OC(COC(=O)CCCCCCCCCC)COC(OCC[N+](C)(C)C)C(=O)[O-]. The maximum Gasteiger partial charge on any atom is 0.306 e. The van der Waals surface area contributed by atoms with Crippen molar-refractivity contribution >= 4 is 17.9 Å². The zero-order chi connectivity index (χ0) is 45.6. The van der Waals surface area contributed by atoms with Crippen molar-refractivity contribution in [1.29, 1.82) is 0 Å². The fourth-order valence-corrected chi connectivity index (χ4v) is 6.16. The number of carbonyl (C=O) groups excluding carboxylic acids is 3. The Balaban J connectivity index is 4.26. The highest BCUT2D eigenvalue weighted by Gasteiger charge is 2.21. The van der Waals surface area contributed by atoms with Crippen molar-refractivity contribution in [3.05, 3.63) is 85.1 Å². The molecule has 9 heteroatoms. The van der Waals surface area contributed by atoms with E-state index in [1.54, 1.807) is 0 Å². The molecule has 0 saturated heterocycles. The number of rotatable bonds is 43. The van der Waals surface area contributed by atoms with E-state index in [-0.39, 0.29) is 38.6 Å². The Morgan fingerprint density at radius 3 is 1.37 bits per heavy atom. The van der Waals surface area contributed by atoms with E-state index < -0.39 is 24.3 Å². The number of hydrogen-bond donors (Lipinski definition) is 0. The summed E-state index contributed by atoms with van der Waals surface area (Å²) in [7, 11) is 5.89. The molecular weight excluding hydrogens is 779 g/mol. The highest BCUT2D eigenvalue weighted by Crippen LogP contribution is 2.13. The molecule has 0 spiro atoms. The molecule has 0 bridgehead atoms. The van der Waals surface area contributed by atoms with Crippen LogP contribution in [0.3, 0.4) is 0 Å². The molecule has 0 radical (unpaired) electrons. The third kappa shape index (κ3) is 44.5. The number of carboxylic acids is 1. The van der Waals surface area contributed by atoms with Crippen molar-refractivity contribution in [2.45, 2.75) is 187 Å². The Hall–Kier alpha value is -3.53. The molecule has 0 aliphatic rings.